The van der Waals surface area contributed by atoms with Gasteiger partial charge in [-0.3, -0.25) is 0 Å². The molecule has 0 aromatic carbocycles. The summed E-state index contributed by atoms with van der Waals surface area (Å²) in [6.45, 7) is 1.87. The average Bonchev–Trinajstić information content (AvgIpc) is 2.04. The fourth-order valence-corrected chi connectivity index (χ4v) is 1.28. The Labute approximate surface area is 71.0 Å². The summed E-state index contributed by atoms with van der Waals surface area (Å²) >= 11 is 5.85. The van der Waals surface area contributed by atoms with Crippen LogP contribution in [0.3, 0.4) is 0 Å². The fourth-order valence-electron chi connectivity index (χ4n) is 1.06. The topological polar surface area (TPSA) is 17.1 Å². The van der Waals surface area contributed by atoms with Gasteiger partial charge in [0.05, 0.1) is 0 Å². The Morgan fingerprint density at radius 3 is 2.82 bits per heavy atom. The highest BCUT2D eigenvalue weighted by Gasteiger charge is 2.17. The third-order valence-corrected chi connectivity index (χ3v) is 1.95. The first-order chi connectivity index (χ1) is 5.25. The molecular formula is C9H9ClO. The van der Waals surface area contributed by atoms with Crippen LogP contribution in [-0.2, 0) is 4.79 Å². The molecule has 2 unspecified atom stereocenters. The van der Waals surface area contributed by atoms with Crippen LogP contribution in [0.2, 0.25) is 0 Å². The minimum absolute atomic E-state index is 0.0270. The highest BCUT2D eigenvalue weighted by Crippen LogP contribution is 2.23. The molecule has 1 aliphatic rings. The van der Waals surface area contributed by atoms with E-state index >= 15 is 0 Å². The van der Waals surface area contributed by atoms with Gasteiger partial charge in [0.1, 0.15) is 5.94 Å². The lowest BCUT2D eigenvalue weighted by Crippen LogP contribution is -2.12. The zero-order chi connectivity index (χ0) is 8.27. The molecule has 1 nitrogen and oxygen atoms in total. The van der Waals surface area contributed by atoms with Crippen molar-refractivity contribution in [3.63, 3.8) is 0 Å². The molecule has 0 fully saturated rings. The van der Waals surface area contributed by atoms with E-state index in [2.05, 4.69) is 0 Å². The van der Waals surface area contributed by atoms with Crippen molar-refractivity contribution in [3.8, 4) is 0 Å². The van der Waals surface area contributed by atoms with Crippen molar-refractivity contribution in [1.82, 2.24) is 0 Å². The van der Waals surface area contributed by atoms with Crippen molar-refractivity contribution in [2.75, 3.05) is 0 Å². The van der Waals surface area contributed by atoms with Gasteiger partial charge >= 0.3 is 0 Å². The largest absolute Gasteiger partial charge is 0.233 e. The molecule has 0 aromatic heterocycles. The molecule has 0 N–H and O–H groups in total. The van der Waals surface area contributed by atoms with E-state index in [0.29, 0.717) is 5.57 Å². The number of carbonyl (C=O) groups excluding carboxylic acids is 1. The molecule has 11 heavy (non-hydrogen) atoms. The Morgan fingerprint density at radius 1 is 1.64 bits per heavy atom. The monoisotopic (exact) mass is 168 g/mol. The van der Waals surface area contributed by atoms with Crippen LogP contribution in [-0.4, -0.2) is 11.3 Å². The van der Waals surface area contributed by atoms with E-state index in [0.717, 1.165) is 0 Å². The molecular weight excluding hydrogens is 160 g/mol. The molecule has 2 atom stereocenters. The molecule has 0 aromatic rings. The highest BCUT2D eigenvalue weighted by atomic mass is 35.5. The molecule has 2 heteroatoms. The number of allylic oxidation sites excluding steroid dienone is 5. The molecule has 0 heterocycles. The molecule has 0 bridgehead atoms. The maximum atomic E-state index is 10.4. The Morgan fingerprint density at radius 2 is 2.36 bits per heavy atom. The molecule has 1 rings (SSSR count). The Kier molecular flexibility index (Phi) is 2.70. The summed E-state index contributed by atoms with van der Waals surface area (Å²) in [5, 5.41) is -0.0485. The van der Waals surface area contributed by atoms with Crippen molar-refractivity contribution in [2.45, 2.75) is 12.3 Å². The summed E-state index contributed by atoms with van der Waals surface area (Å²) in [6, 6.07) is 0. The van der Waals surface area contributed by atoms with Gasteiger partial charge in [0.2, 0.25) is 0 Å². The maximum absolute atomic E-state index is 10.4. The van der Waals surface area contributed by atoms with Crippen molar-refractivity contribution in [1.29, 1.82) is 0 Å². The van der Waals surface area contributed by atoms with Crippen LogP contribution in [0, 0.1) is 5.92 Å². The van der Waals surface area contributed by atoms with Crippen molar-refractivity contribution >= 4 is 17.5 Å². The van der Waals surface area contributed by atoms with E-state index in [9.17, 15) is 4.79 Å². The second-order valence-corrected chi connectivity index (χ2v) is 3.19. The van der Waals surface area contributed by atoms with Crippen LogP contribution in [0.25, 0.3) is 0 Å². The van der Waals surface area contributed by atoms with Gasteiger partial charge in [0, 0.05) is 16.9 Å². The summed E-state index contributed by atoms with van der Waals surface area (Å²) in [6.07, 6.45) is 7.37. The average molecular weight is 169 g/mol. The normalized spacial score (nSPS) is 24.9. The summed E-state index contributed by atoms with van der Waals surface area (Å²) in [7, 11) is 0. The van der Waals surface area contributed by atoms with Crippen LogP contribution < -0.4 is 0 Å². The minimum atomic E-state index is -0.0485. The molecule has 0 spiro atoms. The summed E-state index contributed by atoms with van der Waals surface area (Å²) < 4.78 is 0. The predicted octanol–water partition coefficient (Wildman–Crippen LogP) is 2.11. The quantitative estimate of drug-likeness (QED) is 0.433. The van der Waals surface area contributed by atoms with E-state index in [-0.39, 0.29) is 11.3 Å². The predicted molar refractivity (Wildman–Crippen MR) is 46.3 cm³/mol. The third-order valence-electron chi connectivity index (χ3n) is 1.68. The fraction of sp³-hybridized carbons (Fsp3) is 0.333. The van der Waals surface area contributed by atoms with Gasteiger partial charge in [-0.05, 0) is 13.0 Å². The van der Waals surface area contributed by atoms with Crippen molar-refractivity contribution < 1.29 is 4.79 Å². The number of rotatable bonds is 1. The first-order valence-electron chi connectivity index (χ1n) is 3.49. The van der Waals surface area contributed by atoms with Crippen molar-refractivity contribution in [3.05, 3.63) is 29.9 Å². The smallest absolute Gasteiger partial charge is 0.128 e. The van der Waals surface area contributed by atoms with Gasteiger partial charge in [0.25, 0.3) is 0 Å². The lowest BCUT2D eigenvalue weighted by molar-refractivity contribution is 0.564. The minimum Gasteiger partial charge on any atom is -0.233 e. The second kappa shape index (κ2) is 3.56. The second-order valence-electron chi connectivity index (χ2n) is 2.50. The molecule has 58 valence electrons. The van der Waals surface area contributed by atoms with Gasteiger partial charge in [-0.15, -0.1) is 11.6 Å². The Bertz CT molecular complexity index is 244. The van der Waals surface area contributed by atoms with E-state index < -0.39 is 0 Å². The van der Waals surface area contributed by atoms with Crippen LogP contribution in [0.15, 0.2) is 29.9 Å². The first kappa shape index (κ1) is 8.32. The van der Waals surface area contributed by atoms with Gasteiger partial charge in [-0.1, -0.05) is 18.2 Å². The van der Waals surface area contributed by atoms with Crippen molar-refractivity contribution in [2.24, 2.45) is 5.92 Å². The van der Waals surface area contributed by atoms with Gasteiger partial charge in [-0.2, -0.15) is 0 Å². The third kappa shape index (κ3) is 1.83. The Hall–Kier alpha value is -0.780. The summed E-state index contributed by atoms with van der Waals surface area (Å²) in [5.74, 6) is 1.91. The van der Waals surface area contributed by atoms with Crippen LogP contribution >= 0.6 is 11.6 Å². The maximum Gasteiger partial charge on any atom is 0.128 e. The number of hydrogen-bond acceptors (Lipinski definition) is 1. The lowest BCUT2D eigenvalue weighted by Gasteiger charge is -2.15. The molecule has 0 amide bonds. The molecule has 0 saturated carbocycles. The number of halogens is 1. The molecule has 0 aliphatic heterocycles. The number of hydrogen-bond donors (Lipinski definition) is 0. The van der Waals surface area contributed by atoms with E-state index in [1.165, 1.54) is 0 Å². The van der Waals surface area contributed by atoms with Gasteiger partial charge in [-0.25, -0.2) is 4.79 Å². The summed E-state index contributed by atoms with van der Waals surface area (Å²) in [5.41, 5.74) is 0.634. The van der Waals surface area contributed by atoms with Crippen LogP contribution in [0.1, 0.15) is 6.92 Å². The zero-order valence-electron chi connectivity index (χ0n) is 6.25. The summed E-state index contributed by atoms with van der Waals surface area (Å²) in [4.78, 5) is 10.4. The number of alkyl halides is 1. The molecule has 1 aliphatic carbocycles. The van der Waals surface area contributed by atoms with E-state index in [1.807, 2.05) is 31.1 Å². The first-order valence-corrected chi connectivity index (χ1v) is 3.93. The van der Waals surface area contributed by atoms with Gasteiger partial charge in [0.15, 0.2) is 0 Å². The van der Waals surface area contributed by atoms with Crippen LogP contribution in [0.4, 0.5) is 0 Å². The highest BCUT2D eigenvalue weighted by molar-refractivity contribution is 6.21. The van der Waals surface area contributed by atoms with E-state index in [1.54, 1.807) is 6.08 Å². The standard InChI is InChI=1S/C9H9ClO/c1-7(10)9-5-3-2-4-8(9)6-11/h2-5,7,9H,1H3. The Balaban J connectivity index is 2.88. The van der Waals surface area contributed by atoms with E-state index in [4.69, 9.17) is 11.6 Å². The van der Waals surface area contributed by atoms with Crippen LogP contribution in [0.5, 0.6) is 0 Å². The zero-order valence-corrected chi connectivity index (χ0v) is 7.01. The SMILES string of the molecule is CC(Cl)C1C=CC=CC1=C=O. The van der Waals surface area contributed by atoms with Gasteiger partial charge < -0.3 is 0 Å². The molecule has 0 radical (unpaired) electrons. The lowest BCUT2D eigenvalue weighted by atomic mass is 9.93. The molecule has 0 saturated heterocycles.